The zero-order chi connectivity index (χ0) is 24.4. The van der Waals surface area contributed by atoms with Crippen molar-refractivity contribution in [1.29, 1.82) is 0 Å². The number of ether oxygens (including phenoxy) is 1. The van der Waals surface area contributed by atoms with Crippen LogP contribution in [0, 0.1) is 0 Å². The lowest BCUT2D eigenvalue weighted by Gasteiger charge is -2.19. The maximum Gasteiger partial charge on any atom is 0.416 e. The Hall–Kier alpha value is -3.81. The van der Waals surface area contributed by atoms with Gasteiger partial charge in [0.1, 0.15) is 11.6 Å². The molecule has 0 bridgehead atoms. The van der Waals surface area contributed by atoms with Crippen LogP contribution >= 0.6 is 0 Å². The lowest BCUT2D eigenvalue weighted by molar-refractivity contribution is -0.137. The molecule has 5 rings (SSSR count). The van der Waals surface area contributed by atoms with Gasteiger partial charge in [0, 0.05) is 31.1 Å². The van der Waals surface area contributed by atoms with Crippen LogP contribution in [0.2, 0.25) is 0 Å². The lowest BCUT2D eigenvalue weighted by Crippen LogP contribution is -2.25. The monoisotopic (exact) mass is 479 g/mol. The second-order valence-corrected chi connectivity index (χ2v) is 8.58. The molecule has 3 aromatic carbocycles. The highest BCUT2D eigenvalue weighted by Crippen LogP contribution is 2.36. The summed E-state index contributed by atoms with van der Waals surface area (Å²) in [6, 6.07) is 22.3. The Bertz CT molecular complexity index is 1330. The topological polar surface area (TPSA) is 47.4 Å². The van der Waals surface area contributed by atoms with Crippen molar-refractivity contribution in [2.45, 2.75) is 31.5 Å². The fourth-order valence-corrected chi connectivity index (χ4v) is 4.55. The van der Waals surface area contributed by atoms with Crippen LogP contribution in [0.15, 0.2) is 78.9 Å². The second-order valence-electron chi connectivity index (χ2n) is 8.58. The molecule has 0 N–H and O–H groups in total. The summed E-state index contributed by atoms with van der Waals surface area (Å²) in [5.41, 5.74) is 1.28. The molecule has 0 spiro atoms. The Morgan fingerprint density at radius 2 is 1.74 bits per heavy atom. The minimum absolute atomic E-state index is 0.195. The number of carbonyl (C=O) groups excluding carboxylic acids is 1. The molecular weight excluding hydrogens is 455 g/mol. The van der Waals surface area contributed by atoms with Gasteiger partial charge in [0.05, 0.1) is 23.2 Å². The number of nitrogens with zero attached hydrogens (tertiary/aromatic N) is 3. The minimum atomic E-state index is -4.46. The summed E-state index contributed by atoms with van der Waals surface area (Å²) in [4.78, 5) is 19.1. The highest BCUT2D eigenvalue weighted by Gasteiger charge is 2.36. The van der Waals surface area contributed by atoms with Crippen LogP contribution < -0.4 is 9.64 Å². The molecule has 1 fully saturated rings. The maximum atomic E-state index is 13.2. The van der Waals surface area contributed by atoms with Crippen LogP contribution in [0.5, 0.6) is 5.75 Å². The third-order valence-corrected chi connectivity index (χ3v) is 6.20. The lowest BCUT2D eigenvalue weighted by atomic mass is 10.1. The SMILES string of the molecule is O=C1CC(c2nc3ccccc3n2CCCOc2ccccc2)CN1c1cccc(C(F)(F)F)c1. The van der Waals surface area contributed by atoms with Crippen LogP contribution in [0.25, 0.3) is 11.0 Å². The third kappa shape index (κ3) is 4.87. The van der Waals surface area contributed by atoms with Crippen molar-refractivity contribution in [2.24, 2.45) is 0 Å². The first-order chi connectivity index (χ1) is 16.9. The molecular formula is C27H24F3N3O2. The van der Waals surface area contributed by atoms with Crippen LogP contribution in [-0.2, 0) is 17.5 Å². The normalized spacial score (nSPS) is 16.3. The molecule has 4 aromatic rings. The van der Waals surface area contributed by atoms with E-state index in [0.717, 1.165) is 41.2 Å². The number of alkyl halides is 3. The molecule has 1 unspecified atom stereocenters. The smallest absolute Gasteiger partial charge is 0.416 e. The van der Waals surface area contributed by atoms with Crippen molar-refractivity contribution in [3.05, 3.63) is 90.3 Å². The van der Waals surface area contributed by atoms with Crippen LogP contribution in [0.4, 0.5) is 18.9 Å². The number of hydrogen-bond donors (Lipinski definition) is 0. The molecule has 0 radical (unpaired) electrons. The highest BCUT2D eigenvalue weighted by atomic mass is 19.4. The summed E-state index contributed by atoms with van der Waals surface area (Å²) >= 11 is 0. The molecule has 35 heavy (non-hydrogen) atoms. The third-order valence-electron chi connectivity index (χ3n) is 6.20. The fraction of sp³-hybridized carbons (Fsp3) is 0.259. The van der Waals surface area contributed by atoms with Gasteiger partial charge < -0.3 is 14.2 Å². The number of imidazole rings is 1. The van der Waals surface area contributed by atoms with Gasteiger partial charge in [-0.1, -0.05) is 36.4 Å². The average molecular weight is 480 g/mol. The van der Waals surface area contributed by atoms with Crippen LogP contribution in [0.3, 0.4) is 0 Å². The van der Waals surface area contributed by atoms with Crippen molar-refractivity contribution < 1.29 is 22.7 Å². The van der Waals surface area contributed by atoms with Crippen LogP contribution in [0.1, 0.15) is 30.1 Å². The van der Waals surface area contributed by atoms with Crippen molar-refractivity contribution in [3.8, 4) is 5.75 Å². The van der Waals surface area contributed by atoms with Crippen molar-refractivity contribution in [1.82, 2.24) is 9.55 Å². The minimum Gasteiger partial charge on any atom is -0.494 e. The summed E-state index contributed by atoms with van der Waals surface area (Å²) in [6.07, 6.45) is -3.53. The van der Waals surface area contributed by atoms with E-state index in [-0.39, 0.29) is 30.5 Å². The van der Waals surface area contributed by atoms with Crippen molar-refractivity contribution >= 4 is 22.6 Å². The molecule has 1 atom stereocenters. The van der Waals surface area contributed by atoms with E-state index < -0.39 is 11.7 Å². The number of hydrogen-bond acceptors (Lipinski definition) is 3. The van der Waals surface area contributed by atoms with Crippen molar-refractivity contribution in [2.75, 3.05) is 18.1 Å². The number of rotatable bonds is 7. The quantitative estimate of drug-likeness (QED) is 0.304. The van der Waals surface area contributed by atoms with Gasteiger partial charge in [-0.25, -0.2) is 4.98 Å². The highest BCUT2D eigenvalue weighted by molar-refractivity contribution is 5.96. The van der Waals surface area contributed by atoms with E-state index in [4.69, 9.17) is 9.72 Å². The molecule has 8 heteroatoms. The molecule has 1 amide bonds. The number of fused-ring (bicyclic) bond motifs is 1. The van der Waals surface area contributed by atoms with E-state index in [1.807, 2.05) is 54.6 Å². The average Bonchev–Trinajstić information content (AvgIpc) is 3.42. The summed E-state index contributed by atoms with van der Waals surface area (Å²) in [5, 5.41) is 0. The first kappa shape index (κ1) is 23.0. The Morgan fingerprint density at radius 3 is 2.54 bits per heavy atom. The number of para-hydroxylation sites is 3. The van der Waals surface area contributed by atoms with Gasteiger partial charge in [0.25, 0.3) is 0 Å². The molecule has 1 saturated heterocycles. The summed E-state index contributed by atoms with van der Waals surface area (Å²) in [7, 11) is 0. The number of aryl methyl sites for hydroxylation is 1. The molecule has 2 heterocycles. The standard InChI is InChI=1S/C27H24F3N3O2/c28-27(29,30)20-8-6-9-21(17-20)33-18-19(16-25(33)34)26-31-23-12-4-5-13-24(23)32(26)14-7-15-35-22-10-2-1-3-11-22/h1-6,8-13,17,19H,7,14-16,18H2. The predicted octanol–water partition coefficient (Wildman–Crippen LogP) is 6.04. The summed E-state index contributed by atoms with van der Waals surface area (Å²) in [5.74, 6) is 1.15. The van der Waals surface area contributed by atoms with Gasteiger partial charge in [0.2, 0.25) is 5.91 Å². The zero-order valence-corrected chi connectivity index (χ0v) is 18.9. The Balaban J connectivity index is 1.36. The maximum absolute atomic E-state index is 13.2. The number of benzene rings is 3. The van der Waals surface area contributed by atoms with Crippen molar-refractivity contribution in [3.63, 3.8) is 0 Å². The van der Waals surface area contributed by atoms with E-state index >= 15 is 0 Å². The number of aromatic nitrogens is 2. The van der Waals surface area contributed by atoms with E-state index in [9.17, 15) is 18.0 Å². The first-order valence-corrected chi connectivity index (χ1v) is 11.5. The number of halogens is 3. The van der Waals surface area contributed by atoms with E-state index in [1.54, 1.807) is 6.07 Å². The van der Waals surface area contributed by atoms with Gasteiger partial charge in [-0.05, 0) is 48.9 Å². The van der Waals surface area contributed by atoms with Gasteiger partial charge in [-0.15, -0.1) is 0 Å². The number of carbonyl (C=O) groups is 1. The number of amides is 1. The van der Waals surface area contributed by atoms with Gasteiger partial charge >= 0.3 is 6.18 Å². The van der Waals surface area contributed by atoms with Gasteiger partial charge in [-0.3, -0.25) is 4.79 Å². The molecule has 1 aliphatic rings. The van der Waals surface area contributed by atoms with E-state index in [2.05, 4.69) is 4.57 Å². The fourth-order valence-electron chi connectivity index (χ4n) is 4.55. The van der Waals surface area contributed by atoms with Gasteiger partial charge in [0.15, 0.2) is 0 Å². The largest absolute Gasteiger partial charge is 0.494 e. The first-order valence-electron chi connectivity index (χ1n) is 11.5. The van der Waals surface area contributed by atoms with E-state index in [0.29, 0.717) is 13.2 Å². The predicted molar refractivity (Wildman–Crippen MR) is 127 cm³/mol. The second kappa shape index (κ2) is 9.44. The molecule has 5 nitrogen and oxygen atoms in total. The Labute approximate surface area is 200 Å². The van der Waals surface area contributed by atoms with Crippen LogP contribution in [-0.4, -0.2) is 28.6 Å². The Kier molecular flexibility index (Phi) is 6.19. The molecule has 0 aliphatic carbocycles. The summed E-state index contributed by atoms with van der Waals surface area (Å²) < 4.78 is 47.5. The Morgan fingerprint density at radius 1 is 0.971 bits per heavy atom. The summed E-state index contributed by atoms with van der Waals surface area (Å²) in [6.45, 7) is 1.46. The van der Waals surface area contributed by atoms with E-state index in [1.165, 1.54) is 11.0 Å². The number of anilines is 1. The molecule has 1 aliphatic heterocycles. The molecule has 180 valence electrons. The van der Waals surface area contributed by atoms with Gasteiger partial charge in [-0.2, -0.15) is 13.2 Å². The molecule has 0 saturated carbocycles. The molecule has 1 aromatic heterocycles. The zero-order valence-electron chi connectivity index (χ0n) is 18.9.